The van der Waals surface area contributed by atoms with Crippen molar-refractivity contribution in [3.8, 4) is 0 Å². The van der Waals surface area contributed by atoms with Crippen molar-refractivity contribution in [2.24, 2.45) is 5.92 Å². The number of benzene rings is 1. The van der Waals surface area contributed by atoms with Crippen molar-refractivity contribution in [1.29, 1.82) is 0 Å². The summed E-state index contributed by atoms with van der Waals surface area (Å²) in [5.74, 6) is -0.672. The fourth-order valence-corrected chi connectivity index (χ4v) is 2.04. The average Bonchev–Trinajstić information content (AvgIpc) is 2.28. The second-order valence-corrected chi connectivity index (χ2v) is 4.38. The molecule has 0 radical (unpaired) electrons. The predicted molar refractivity (Wildman–Crippen MR) is 63.8 cm³/mol. The summed E-state index contributed by atoms with van der Waals surface area (Å²) < 4.78 is 32.2. The third-order valence-corrected chi connectivity index (χ3v) is 2.86. The quantitative estimate of drug-likeness (QED) is 0.858. The molecule has 0 aliphatic carbocycles. The Balaban J connectivity index is 3.11. The van der Waals surface area contributed by atoms with E-state index in [9.17, 15) is 8.78 Å². The van der Waals surface area contributed by atoms with Crippen LogP contribution in [0.25, 0.3) is 0 Å². The van der Waals surface area contributed by atoms with E-state index in [1.807, 2.05) is 13.8 Å². The summed E-state index contributed by atoms with van der Waals surface area (Å²) in [5.41, 5.74) is 0.299. The van der Waals surface area contributed by atoms with E-state index in [0.29, 0.717) is 5.56 Å². The first kappa shape index (κ1) is 14.1. The van der Waals surface area contributed by atoms with Gasteiger partial charge in [-0.05, 0) is 31.2 Å². The van der Waals surface area contributed by atoms with E-state index < -0.39 is 11.6 Å². The highest BCUT2D eigenvalue weighted by atomic mass is 19.1. The molecule has 0 aliphatic rings. The van der Waals surface area contributed by atoms with E-state index in [-0.39, 0.29) is 18.1 Å². The molecule has 4 heteroatoms. The Morgan fingerprint density at radius 3 is 2.35 bits per heavy atom. The van der Waals surface area contributed by atoms with Crippen molar-refractivity contribution >= 4 is 0 Å². The van der Waals surface area contributed by atoms with Gasteiger partial charge in [-0.15, -0.1) is 0 Å². The van der Waals surface area contributed by atoms with E-state index in [1.165, 1.54) is 6.07 Å². The van der Waals surface area contributed by atoms with Crippen LogP contribution in [0, 0.1) is 17.6 Å². The standard InChI is InChI=1S/C13H19F2NO/c1-8(2)13(17-4)12(16-3)10-7-9(14)5-6-11(10)15/h5-8,12-13,16H,1-4H3. The molecular weight excluding hydrogens is 224 g/mol. The Morgan fingerprint density at radius 1 is 1.24 bits per heavy atom. The summed E-state index contributed by atoms with van der Waals surface area (Å²) in [6, 6.07) is 3.10. The highest BCUT2D eigenvalue weighted by Gasteiger charge is 2.27. The maximum atomic E-state index is 13.7. The van der Waals surface area contributed by atoms with Gasteiger partial charge in [-0.1, -0.05) is 13.8 Å². The highest BCUT2D eigenvalue weighted by molar-refractivity contribution is 5.23. The van der Waals surface area contributed by atoms with Crippen LogP contribution < -0.4 is 5.32 Å². The van der Waals surface area contributed by atoms with E-state index in [1.54, 1.807) is 14.2 Å². The fourth-order valence-electron chi connectivity index (χ4n) is 2.04. The van der Waals surface area contributed by atoms with Crippen molar-refractivity contribution in [2.45, 2.75) is 26.0 Å². The maximum absolute atomic E-state index is 13.7. The Labute approximate surface area is 101 Å². The maximum Gasteiger partial charge on any atom is 0.128 e. The number of likely N-dealkylation sites (N-methyl/N-ethyl adjacent to an activating group) is 1. The molecule has 1 aromatic carbocycles. The minimum absolute atomic E-state index is 0.195. The van der Waals surface area contributed by atoms with Crippen LogP contribution in [0.3, 0.4) is 0 Å². The molecule has 0 saturated heterocycles. The van der Waals surface area contributed by atoms with E-state index in [0.717, 1.165) is 12.1 Å². The first-order chi connectivity index (χ1) is 8.01. The summed E-state index contributed by atoms with van der Waals surface area (Å²) in [4.78, 5) is 0. The second kappa shape index (κ2) is 6.07. The molecule has 0 fully saturated rings. The number of ether oxygens (including phenoxy) is 1. The monoisotopic (exact) mass is 243 g/mol. The molecule has 0 heterocycles. The van der Waals surface area contributed by atoms with Gasteiger partial charge in [-0.2, -0.15) is 0 Å². The smallest absolute Gasteiger partial charge is 0.128 e. The van der Waals surface area contributed by atoms with Gasteiger partial charge in [0.15, 0.2) is 0 Å². The van der Waals surface area contributed by atoms with E-state index in [2.05, 4.69) is 5.32 Å². The normalized spacial score (nSPS) is 15.0. The molecule has 2 unspecified atom stereocenters. The number of hydrogen-bond acceptors (Lipinski definition) is 2. The molecule has 1 aromatic rings. The lowest BCUT2D eigenvalue weighted by atomic mass is 9.93. The zero-order valence-electron chi connectivity index (χ0n) is 10.6. The molecule has 0 saturated carbocycles. The van der Waals surface area contributed by atoms with E-state index in [4.69, 9.17) is 4.74 Å². The predicted octanol–water partition coefficient (Wildman–Crippen LogP) is 2.90. The molecule has 0 amide bonds. The second-order valence-electron chi connectivity index (χ2n) is 4.38. The first-order valence-electron chi connectivity index (χ1n) is 5.66. The molecule has 0 spiro atoms. The molecular formula is C13H19F2NO. The number of halogens is 2. The van der Waals surface area contributed by atoms with Crippen LogP contribution in [0.4, 0.5) is 8.78 Å². The summed E-state index contributed by atoms with van der Waals surface area (Å²) in [5, 5.41) is 2.99. The minimum atomic E-state index is -0.444. The van der Waals surface area contributed by atoms with Gasteiger partial charge < -0.3 is 10.1 Å². The first-order valence-corrected chi connectivity index (χ1v) is 5.66. The van der Waals surface area contributed by atoms with Crippen LogP contribution in [0.1, 0.15) is 25.5 Å². The number of nitrogens with one attached hydrogen (secondary N) is 1. The van der Waals surface area contributed by atoms with Crippen molar-refractivity contribution in [3.05, 3.63) is 35.4 Å². The van der Waals surface area contributed by atoms with Gasteiger partial charge in [0.05, 0.1) is 12.1 Å². The summed E-state index contributed by atoms with van der Waals surface area (Å²) in [6.07, 6.45) is -0.212. The fraction of sp³-hybridized carbons (Fsp3) is 0.538. The third kappa shape index (κ3) is 3.23. The molecule has 0 bridgehead atoms. The highest BCUT2D eigenvalue weighted by Crippen LogP contribution is 2.26. The van der Waals surface area contributed by atoms with Gasteiger partial charge in [0.1, 0.15) is 11.6 Å². The Kier molecular flexibility index (Phi) is 5.02. The summed E-state index contributed by atoms with van der Waals surface area (Å²) >= 11 is 0. The van der Waals surface area contributed by atoms with Crippen LogP contribution >= 0.6 is 0 Å². The minimum Gasteiger partial charge on any atom is -0.379 e. The lowest BCUT2D eigenvalue weighted by molar-refractivity contribution is 0.0338. The van der Waals surface area contributed by atoms with Crippen LogP contribution in [0.5, 0.6) is 0 Å². The lowest BCUT2D eigenvalue weighted by Crippen LogP contribution is -2.35. The zero-order chi connectivity index (χ0) is 13.0. The topological polar surface area (TPSA) is 21.3 Å². The number of rotatable bonds is 5. The molecule has 1 N–H and O–H groups in total. The zero-order valence-corrected chi connectivity index (χ0v) is 10.6. The molecule has 0 aromatic heterocycles. The van der Waals surface area contributed by atoms with Crippen LogP contribution in [-0.2, 0) is 4.74 Å². The van der Waals surface area contributed by atoms with Crippen molar-refractivity contribution in [1.82, 2.24) is 5.32 Å². The molecule has 0 aliphatic heterocycles. The Bertz CT molecular complexity index is 368. The van der Waals surface area contributed by atoms with Crippen LogP contribution in [-0.4, -0.2) is 20.3 Å². The largest absolute Gasteiger partial charge is 0.379 e. The van der Waals surface area contributed by atoms with Gasteiger partial charge in [0.25, 0.3) is 0 Å². The van der Waals surface area contributed by atoms with Gasteiger partial charge in [-0.25, -0.2) is 8.78 Å². The van der Waals surface area contributed by atoms with E-state index >= 15 is 0 Å². The van der Waals surface area contributed by atoms with Crippen LogP contribution in [0.2, 0.25) is 0 Å². The van der Waals surface area contributed by atoms with Gasteiger partial charge in [0.2, 0.25) is 0 Å². The van der Waals surface area contributed by atoms with Crippen LogP contribution in [0.15, 0.2) is 18.2 Å². The summed E-state index contributed by atoms with van der Waals surface area (Å²) in [7, 11) is 3.29. The van der Waals surface area contributed by atoms with Crippen molar-refractivity contribution in [3.63, 3.8) is 0 Å². The van der Waals surface area contributed by atoms with Gasteiger partial charge >= 0.3 is 0 Å². The average molecular weight is 243 g/mol. The SMILES string of the molecule is CNC(c1cc(F)ccc1F)C(OC)C(C)C. The number of hydrogen-bond donors (Lipinski definition) is 1. The summed E-state index contributed by atoms with van der Waals surface area (Å²) in [6.45, 7) is 3.96. The molecule has 2 atom stereocenters. The Morgan fingerprint density at radius 2 is 1.88 bits per heavy atom. The molecule has 17 heavy (non-hydrogen) atoms. The van der Waals surface area contributed by atoms with Crippen molar-refractivity contribution < 1.29 is 13.5 Å². The molecule has 1 rings (SSSR count). The third-order valence-electron chi connectivity index (χ3n) is 2.86. The Hall–Kier alpha value is -1.00. The van der Waals surface area contributed by atoms with Gasteiger partial charge in [0, 0.05) is 12.7 Å². The van der Waals surface area contributed by atoms with Crippen molar-refractivity contribution in [2.75, 3.05) is 14.2 Å². The molecule has 2 nitrogen and oxygen atoms in total. The molecule has 96 valence electrons. The number of methoxy groups -OCH3 is 1. The van der Waals surface area contributed by atoms with Gasteiger partial charge in [-0.3, -0.25) is 0 Å². The lowest BCUT2D eigenvalue weighted by Gasteiger charge is -2.29.